The maximum atomic E-state index is 13.4. The monoisotopic (exact) mass is 306 g/mol. The number of benzene rings is 1. The van der Waals surface area contributed by atoms with E-state index in [4.69, 9.17) is 11.6 Å². The lowest BCUT2D eigenvalue weighted by Gasteiger charge is -2.19. The van der Waals surface area contributed by atoms with Crippen molar-refractivity contribution in [3.8, 4) is 0 Å². The third-order valence-electron chi connectivity index (χ3n) is 3.41. The summed E-state index contributed by atoms with van der Waals surface area (Å²) in [5.74, 6) is -0.259. The second kappa shape index (κ2) is 7.53. The van der Waals surface area contributed by atoms with E-state index >= 15 is 0 Å². The number of rotatable bonds is 6. The molecule has 1 aromatic carbocycles. The molecule has 21 heavy (non-hydrogen) atoms. The standard InChI is InChI=1S/C17H20ClFN2/c1-3-8-20-17(13-5-4-12(2)21-11-13)10-14-9-15(19)6-7-16(14)18/h4-7,9,11,17,20H,3,8,10H2,1-2H3. The number of halogens is 2. The lowest BCUT2D eigenvalue weighted by molar-refractivity contribution is 0.525. The second-order valence-electron chi connectivity index (χ2n) is 5.18. The first-order chi connectivity index (χ1) is 10.1. The Bertz CT molecular complexity index is 584. The molecule has 1 unspecified atom stereocenters. The SMILES string of the molecule is CCCNC(Cc1cc(F)ccc1Cl)c1ccc(C)nc1. The molecule has 1 heterocycles. The Balaban J connectivity index is 2.23. The summed E-state index contributed by atoms with van der Waals surface area (Å²) in [7, 11) is 0. The molecule has 1 aromatic heterocycles. The van der Waals surface area contributed by atoms with E-state index in [2.05, 4.69) is 23.3 Å². The van der Waals surface area contributed by atoms with Crippen LogP contribution in [-0.4, -0.2) is 11.5 Å². The molecule has 0 aliphatic carbocycles. The van der Waals surface area contributed by atoms with Crippen molar-refractivity contribution in [2.75, 3.05) is 6.54 Å². The number of aryl methyl sites for hydroxylation is 1. The van der Waals surface area contributed by atoms with Gasteiger partial charge in [0.2, 0.25) is 0 Å². The van der Waals surface area contributed by atoms with E-state index in [0.29, 0.717) is 11.4 Å². The van der Waals surface area contributed by atoms with Crippen molar-refractivity contribution in [2.24, 2.45) is 0 Å². The summed E-state index contributed by atoms with van der Waals surface area (Å²) in [4.78, 5) is 4.34. The van der Waals surface area contributed by atoms with Crippen LogP contribution in [0.1, 0.15) is 36.2 Å². The van der Waals surface area contributed by atoms with Crippen molar-refractivity contribution in [3.05, 3.63) is 64.2 Å². The Labute approximate surface area is 130 Å². The zero-order chi connectivity index (χ0) is 15.2. The molecule has 112 valence electrons. The molecule has 0 bridgehead atoms. The number of nitrogens with zero attached hydrogens (tertiary/aromatic N) is 1. The van der Waals surface area contributed by atoms with Crippen LogP contribution in [0.15, 0.2) is 36.5 Å². The van der Waals surface area contributed by atoms with Crippen molar-refractivity contribution in [1.82, 2.24) is 10.3 Å². The minimum Gasteiger partial charge on any atom is -0.310 e. The first-order valence-electron chi connectivity index (χ1n) is 7.20. The van der Waals surface area contributed by atoms with Gasteiger partial charge in [-0.05, 0) is 61.7 Å². The van der Waals surface area contributed by atoms with Crippen LogP contribution >= 0.6 is 11.6 Å². The van der Waals surface area contributed by atoms with Gasteiger partial charge in [0, 0.05) is 23.0 Å². The van der Waals surface area contributed by atoms with Crippen molar-refractivity contribution < 1.29 is 4.39 Å². The highest BCUT2D eigenvalue weighted by molar-refractivity contribution is 6.31. The molecule has 2 nitrogen and oxygen atoms in total. The van der Waals surface area contributed by atoms with Crippen LogP contribution in [0.25, 0.3) is 0 Å². The number of hydrogen-bond acceptors (Lipinski definition) is 2. The van der Waals surface area contributed by atoms with E-state index in [0.717, 1.165) is 29.8 Å². The summed E-state index contributed by atoms with van der Waals surface area (Å²) in [6.45, 7) is 4.97. The summed E-state index contributed by atoms with van der Waals surface area (Å²) < 4.78 is 13.4. The molecule has 0 saturated heterocycles. The first kappa shape index (κ1) is 15.9. The predicted octanol–water partition coefficient (Wildman–Crippen LogP) is 4.47. The molecule has 0 spiro atoms. The lowest BCUT2D eigenvalue weighted by atomic mass is 9.99. The maximum absolute atomic E-state index is 13.4. The normalized spacial score (nSPS) is 12.4. The lowest BCUT2D eigenvalue weighted by Crippen LogP contribution is -2.24. The fourth-order valence-corrected chi connectivity index (χ4v) is 2.43. The van der Waals surface area contributed by atoms with Gasteiger partial charge < -0.3 is 5.32 Å². The molecule has 1 N–H and O–H groups in total. The Morgan fingerprint density at radius 3 is 2.76 bits per heavy atom. The van der Waals surface area contributed by atoms with E-state index in [1.54, 1.807) is 6.07 Å². The molecule has 0 aliphatic heterocycles. The van der Waals surface area contributed by atoms with E-state index in [-0.39, 0.29) is 11.9 Å². The summed E-state index contributed by atoms with van der Waals surface area (Å²) in [6.07, 6.45) is 3.55. The zero-order valence-corrected chi connectivity index (χ0v) is 13.1. The molecule has 0 amide bonds. The van der Waals surface area contributed by atoms with Gasteiger partial charge >= 0.3 is 0 Å². The molecule has 0 saturated carbocycles. The second-order valence-corrected chi connectivity index (χ2v) is 5.59. The molecule has 4 heteroatoms. The Morgan fingerprint density at radius 2 is 2.10 bits per heavy atom. The fourth-order valence-electron chi connectivity index (χ4n) is 2.23. The van der Waals surface area contributed by atoms with Gasteiger partial charge in [0.1, 0.15) is 5.82 Å². The quantitative estimate of drug-likeness (QED) is 0.852. The largest absolute Gasteiger partial charge is 0.310 e. The molecular weight excluding hydrogens is 287 g/mol. The molecular formula is C17H20ClFN2. The summed E-state index contributed by atoms with van der Waals surface area (Å²) in [6, 6.07) is 8.62. The minimum atomic E-state index is -0.259. The van der Waals surface area contributed by atoms with Gasteiger partial charge in [0.25, 0.3) is 0 Å². The average Bonchev–Trinajstić information content (AvgIpc) is 2.48. The highest BCUT2D eigenvalue weighted by Crippen LogP contribution is 2.24. The third-order valence-corrected chi connectivity index (χ3v) is 3.78. The van der Waals surface area contributed by atoms with Crippen LogP contribution < -0.4 is 5.32 Å². The maximum Gasteiger partial charge on any atom is 0.123 e. The minimum absolute atomic E-state index is 0.0809. The summed E-state index contributed by atoms with van der Waals surface area (Å²) >= 11 is 6.18. The van der Waals surface area contributed by atoms with Gasteiger partial charge in [-0.15, -0.1) is 0 Å². The topological polar surface area (TPSA) is 24.9 Å². The van der Waals surface area contributed by atoms with Gasteiger partial charge in [-0.1, -0.05) is 24.6 Å². The molecule has 2 aromatic rings. The Morgan fingerprint density at radius 1 is 1.29 bits per heavy atom. The van der Waals surface area contributed by atoms with Crippen molar-refractivity contribution >= 4 is 11.6 Å². The zero-order valence-electron chi connectivity index (χ0n) is 12.4. The summed E-state index contributed by atoms with van der Waals surface area (Å²) in [5, 5.41) is 4.08. The Hall–Kier alpha value is -1.45. The van der Waals surface area contributed by atoms with Crippen LogP contribution in [0.5, 0.6) is 0 Å². The third kappa shape index (κ3) is 4.51. The summed E-state index contributed by atoms with van der Waals surface area (Å²) in [5.41, 5.74) is 2.89. The average molecular weight is 307 g/mol. The fraction of sp³-hybridized carbons (Fsp3) is 0.353. The molecule has 2 rings (SSSR count). The van der Waals surface area contributed by atoms with Gasteiger partial charge in [-0.3, -0.25) is 4.98 Å². The number of pyridine rings is 1. The molecule has 0 aliphatic rings. The van der Waals surface area contributed by atoms with Crippen LogP contribution in [0.2, 0.25) is 5.02 Å². The van der Waals surface area contributed by atoms with Crippen LogP contribution in [0.3, 0.4) is 0 Å². The van der Waals surface area contributed by atoms with Gasteiger partial charge in [-0.2, -0.15) is 0 Å². The van der Waals surface area contributed by atoms with Crippen molar-refractivity contribution in [1.29, 1.82) is 0 Å². The number of nitrogens with one attached hydrogen (secondary N) is 1. The van der Waals surface area contributed by atoms with E-state index in [1.165, 1.54) is 12.1 Å². The van der Waals surface area contributed by atoms with Crippen LogP contribution in [0, 0.1) is 12.7 Å². The van der Waals surface area contributed by atoms with Gasteiger partial charge in [0.15, 0.2) is 0 Å². The van der Waals surface area contributed by atoms with Crippen LogP contribution in [-0.2, 0) is 6.42 Å². The van der Waals surface area contributed by atoms with Gasteiger partial charge in [-0.25, -0.2) is 4.39 Å². The van der Waals surface area contributed by atoms with Gasteiger partial charge in [0.05, 0.1) is 0 Å². The predicted molar refractivity (Wildman–Crippen MR) is 85.1 cm³/mol. The van der Waals surface area contributed by atoms with Crippen molar-refractivity contribution in [2.45, 2.75) is 32.7 Å². The van der Waals surface area contributed by atoms with E-state index in [1.807, 2.05) is 19.2 Å². The Kier molecular flexibility index (Phi) is 5.71. The first-order valence-corrected chi connectivity index (χ1v) is 7.57. The smallest absolute Gasteiger partial charge is 0.123 e. The number of aromatic nitrogens is 1. The van der Waals surface area contributed by atoms with E-state index in [9.17, 15) is 4.39 Å². The van der Waals surface area contributed by atoms with E-state index < -0.39 is 0 Å². The van der Waals surface area contributed by atoms with Crippen molar-refractivity contribution in [3.63, 3.8) is 0 Å². The number of hydrogen-bond donors (Lipinski definition) is 1. The molecule has 1 atom stereocenters. The molecule has 0 fully saturated rings. The highest BCUT2D eigenvalue weighted by atomic mass is 35.5. The molecule has 0 radical (unpaired) electrons. The van der Waals surface area contributed by atoms with Crippen LogP contribution in [0.4, 0.5) is 4.39 Å². The highest BCUT2D eigenvalue weighted by Gasteiger charge is 2.14.